The number of methoxy groups -OCH3 is 1. The molecule has 1 atom stereocenters. The summed E-state index contributed by atoms with van der Waals surface area (Å²) in [4.78, 5) is 42.8. The SMILES string of the molecule is COc1cccc2[nH]c(C(=O)NCC(=O)N[C@@]3(C)CCc4cc[nH]c(=O)c4C3)cc12. The van der Waals surface area contributed by atoms with Crippen LogP contribution in [0.1, 0.15) is 35.0 Å². The lowest BCUT2D eigenvalue weighted by atomic mass is 9.80. The summed E-state index contributed by atoms with van der Waals surface area (Å²) in [5.74, 6) is -0.00428. The molecule has 3 aromatic rings. The number of aromatic amines is 2. The fourth-order valence-electron chi connectivity index (χ4n) is 4.04. The number of benzene rings is 1. The van der Waals surface area contributed by atoms with Crippen LogP contribution >= 0.6 is 0 Å². The van der Waals surface area contributed by atoms with Gasteiger partial charge in [-0.3, -0.25) is 14.4 Å². The van der Waals surface area contributed by atoms with Crippen LogP contribution in [0.25, 0.3) is 10.9 Å². The number of fused-ring (bicyclic) bond motifs is 2. The van der Waals surface area contributed by atoms with Crippen molar-refractivity contribution in [2.45, 2.75) is 31.7 Å². The number of amides is 2. The molecule has 2 amide bonds. The van der Waals surface area contributed by atoms with Gasteiger partial charge < -0.3 is 25.3 Å². The molecule has 156 valence electrons. The predicted molar refractivity (Wildman–Crippen MR) is 113 cm³/mol. The van der Waals surface area contributed by atoms with Crippen LogP contribution in [0.5, 0.6) is 5.75 Å². The Kier molecular flexibility index (Phi) is 5.07. The Morgan fingerprint density at radius 2 is 2.10 bits per heavy atom. The molecule has 0 bridgehead atoms. The second-order valence-corrected chi connectivity index (χ2v) is 7.88. The van der Waals surface area contributed by atoms with E-state index in [2.05, 4.69) is 20.6 Å². The van der Waals surface area contributed by atoms with Gasteiger partial charge in [0.2, 0.25) is 5.91 Å². The van der Waals surface area contributed by atoms with Crippen LogP contribution in [0.4, 0.5) is 0 Å². The van der Waals surface area contributed by atoms with Crippen molar-refractivity contribution < 1.29 is 14.3 Å². The largest absolute Gasteiger partial charge is 0.496 e. The molecule has 8 nitrogen and oxygen atoms in total. The van der Waals surface area contributed by atoms with Gasteiger partial charge in [-0.05, 0) is 49.6 Å². The Morgan fingerprint density at radius 1 is 1.27 bits per heavy atom. The zero-order chi connectivity index (χ0) is 21.3. The van der Waals surface area contributed by atoms with Crippen molar-refractivity contribution in [3.05, 3.63) is 63.7 Å². The zero-order valence-corrected chi connectivity index (χ0v) is 16.9. The molecule has 1 aliphatic rings. The quantitative estimate of drug-likeness (QED) is 0.514. The first-order chi connectivity index (χ1) is 14.4. The van der Waals surface area contributed by atoms with Gasteiger partial charge in [-0.2, -0.15) is 0 Å². The molecule has 30 heavy (non-hydrogen) atoms. The van der Waals surface area contributed by atoms with Gasteiger partial charge in [0.05, 0.1) is 13.7 Å². The summed E-state index contributed by atoms with van der Waals surface area (Å²) < 4.78 is 5.31. The Labute approximate surface area is 173 Å². The predicted octanol–water partition coefficient (Wildman–Crippen LogP) is 1.66. The third-order valence-electron chi connectivity index (χ3n) is 5.61. The Balaban J connectivity index is 1.39. The summed E-state index contributed by atoms with van der Waals surface area (Å²) in [7, 11) is 1.57. The van der Waals surface area contributed by atoms with Crippen molar-refractivity contribution in [1.82, 2.24) is 20.6 Å². The second-order valence-electron chi connectivity index (χ2n) is 7.88. The van der Waals surface area contributed by atoms with Gasteiger partial charge in [0.15, 0.2) is 0 Å². The molecule has 0 saturated heterocycles. The summed E-state index contributed by atoms with van der Waals surface area (Å²) in [6.45, 7) is 1.77. The van der Waals surface area contributed by atoms with Gasteiger partial charge in [-0.1, -0.05) is 6.07 Å². The van der Waals surface area contributed by atoms with Gasteiger partial charge in [0, 0.05) is 34.6 Å². The molecule has 4 rings (SSSR count). The first-order valence-electron chi connectivity index (χ1n) is 9.83. The van der Waals surface area contributed by atoms with Crippen LogP contribution in [0, 0.1) is 0 Å². The molecule has 1 aromatic carbocycles. The smallest absolute Gasteiger partial charge is 0.268 e. The normalized spacial score (nSPS) is 17.9. The van der Waals surface area contributed by atoms with E-state index in [1.807, 2.05) is 31.2 Å². The molecule has 0 unspecified atom stereocenters. The Hall–Kier alpha value is -3.55. The molecule has 8 heteroatoms. The maximum absolute atomic E-state index is 12.5. The Morgan fingerprint density at radius 3 is 2.90 bits per heavy atom. The molecule has 0 spiro atoms. The van der Waals surface area contributed by atoms with Crippen molar-refractivity contribution >= 4 is 22.7 Å². The molecule has 0 saturated carbocycles. The van der Waals surface area contributed by atoms with Crippen molar-refractivity contribution in [1.29, 1.82) is 0 Å². The van der Waals surface area contributed by atoms with E-state index in [0.717, 1.165) is 29.3 Å². The standard InChI is InChI=1S/C22H24N4O4/c1-22(8-6-13-7-9-23-20(28)15(13)11-22)26-19(27)12-24-21(29)17-10-14-16(25-17)4-3-5-18(14)30-2/h3-5,7,9-10,25H,6,8,11-12H2,1-2H3,(H,23,28)(H,24,29)(H,26,27)/t22-/m0/s1. The first-order valence-corrected chi connectivity index (χ1v) is 9.83. The molecular formula is C22H24N4O4. The number of aryl methyl sites for hydroxylation is 1. The number of rotatable bonds is 5. The molecule has 0 aliphatic heterocycles. The zero-order valence-electron chi connectivity index (χ0n) is 16.9. The highest BCUT2D eigenvalue weighted by Crippen LogP contribution is 2.27. The highest BCUT2D eigenvalue weighted by Gasteiger charge is 2.32. The van der Waals surface area contributed by atoms with Crippen LogP contribution in [0.15, 0.2) is 41.3 Å². The fraction of sp³-hybridized carbons (Fsp3) is 0.318. The summed E-state index contributed by atoms with van der Waals surface area (Å²) in [6.07, 6.45) is 3.56. The molecule has 0 fully saturated rings. The van der Waals surface area contributed by atoms with Gasteiger partial charge in [-0.15, -0.1) is 0 Å². The lowest BCUT2D eigenvalue weighted by molar-refractivity contribution is -0.122. The van der Waals surface area contributed by atoms with Crippen LogP contribution < -0.4 is 20.9 Å². The molecular weight excluding hydrogens is 384 g/mol. The van der Waals surface area contributed by atoms with Gasteiger partial charge in [0.1, 0.15) is 11.4 Å². The number of carbonyl (C=O) groups excluding carboxylic acids is 2. The summed E-state index contributed by atoms with van der Waals surface area (Å²) in [5.41, 5.74) is 2.22. The van der Waals surface area contributed by atoms with E-state index in [1.165, 1.54) is 0 Å². The van der Waals surface area contributed by atoms with E-state index in [-0.39, 0.29) is 23.9 Å². The topological polar surface area (TPSA) is 116 Å². The number of aromatic nitrogens is 2. The van der Waals surface area contributed by atoms with Crippen molar-refractivity contribution in [2.75, 3.05) is 13.7 Å². The molecule has 2 aromatic heterocycles. The third kappa shape index (κ3) is 3.80. The maximum atomic E-state index is 12.5. The average Bonchev–Trinajstić information content (AvgIpc) is 3.17. The second kappa shape index (κ2) is 7.70. The molecule has 4 N–H and O–H groups in total. The van der Waals surface area contributed by atoms with Crippen LogP contribution in [-0.4, -0.2) is 41.0 Å². The first kappa shape index (κ1) is 19.8. The fourth-order valence-corrected chi connectivity index (χ4v) is 4.04. The van der Waals surface area contributed by atoms with Gasteiger partial charge in [0.25, 0.3) is 11.5 Å². The van der Waals surface area contributed by atoms with E-state index >= 15 is 0 Å². The number of nitrogens with one attached hydrogen (secondary N) is 4. The lowest BCUT2D eigenvalue weighted by Gasteiger charge is -2.35. The van der Waals surface area contributed by atoms with Crippen LogP contribution in [-0.2, 0) is 17.6 Å². The molecule has 0 radical (unpaired) electrons. The van der Waals surface area contributed by atoms with Crippen molar-refractivity contribution in [3.63, 3.8) is 0 Å². The molecule has 2 heterocycles. The number of carbonyl (C=O) groups is 2. The maximum Gasteiger partial charge on any atom is 0.268 e. The van der Waals surface area contributed by atoms with E-state index in [4.69, 9.17) is 4.74 Å². The average molecular weight is 408 g/mol. The minimum atomic E-state index is -0.530. The van der Waals surface area contributed by atoms with E-state index in [9.17, 15) is 14.4 Å². The van der Waals surface area contributed by atoms with Crippen LogP contribution in [0.2, 0.25) is 0 Å². The highest BCUT2D eigenvalue weighted by atomic mass is 16.5. The van der Waals surface area contributed by atoms with Gasteiger partial charge in [-0.25, -0.2) is 0 Å². The number of hydrogen-bond acceptors (Lipinski definition) is 4. The summed E-state index contributed by atoms with van der Waals surface area (Å²) in [6, 6.07) is 9.12. The minimum Gasteiger partial charge on any atom is -0.496 e. The number of hydrogen-bond donors (Lipinski definition) is 4. The minimum absolute atomic E-state index is 0.116. The van der Waals surface area contributed by atoms with E-state index in [0.29, 0.717) is 23.4 Å². The van der Waals surface area contributed by atoms with E-state index in [1.54, 1.807) is 19.4 Å². The van der Waals surface area contributed by atoms with Crippen molar-refractivity contribution in [2.24, 2.45) is 0 Å². The van der Waals surface area contributed by atoms with Gasteiger partial charge >= 0.3 is 0 Å². The number of H-pyrrole nitrogens is 2. The van der Waals surface area contributed by atoms with E-state index < -0.39 is 5.54 Å². The number of ether oxygens (including phenoxy) is 1. The summed E-state index contributed by atoms with van der Waals surface area (Å²) >= 11 is 0. The third-order valence-corrected chi connectivity index (χ3v) is 5.61. The molecule has 1 aliphatic carbocycles. The highest BCUT2D eigenvalue weighted by molar-refractivity contribution is 6.00. The monoisotopic (exact) mass is 408 g/mol. The summed E-state index contributed by atoms with van der Waals surface area (Å²) in [5, 5.41) is 6.42. The number of pyridine rings is 1. The lowest BCUT2D eigenvalue weighted by Crippen LogP contribution is -2.53. The Bertz CT molecular complexity index is 1180. The van der Waals surface area contributed by atoms with Crippen molar-refractivity contribution in [3.8, 4) is 5.75 Å². The van der Waals surface area contributed by atoms with Crippen LogP contribution in [0.3, 0.4) is 0 Å².